The van der Waals surface area contributed by atoms with Crippen LogP contribution in [-0.4, -0.2) is 12.1 Å². The summed E-state index contributed by atoms with van der Waals surface area (Å²) >= 11 is 0. The highest BCUT2D eigenvalue weighted by Crippen LogP contribution is 2.28. The minimum atomic E-state index is 0.588. The van der Waals surface area contributed by atoms with E-state index >= 15 is 0 Å². The summed E-state index contributed by atoms with van der Waals surface area (Å²) in [5.41, 5.74) is 0. The molecule has 0 bridgehead atoms. The number of nitrogens with one attached hydrogen (secondary N) is 1. The van der Waals surface area contributed by atoms with E-state index in [0.717, 1.165) is 24.3 Å². The van der Waals surface area contributed by atoms with Crippen LogP contribution in [0.2, 0.25) is 0 Å². The summed E-state index contributed by atoms with van der Waals surface area (Å²) in [5, 5.41) is 3.73. The summed E-state index contributed by atoms with van der Waals surface area (Å²) in [7, 11) is 0. The fourth-order valence-corrected chi connectivity index (χ4v) is 2.45. The molecule has 1 rings (SSSR count). The van der Waals surface area contributed by atoms with E-state index in [2.05, 4.69) is 32.7 Å². The molecule has 4 atom stereocenters. The molecule has 0 heterocycles. The first-order chi connectivity index (χ1) is 6.63. The van der Waals surface area contributed by atoms with Gasteiger partial charge < -0.3 is 5.32 Å². The van der Waals surface area contributed by atoms with Gasteiger partial charge in [0, 0.05) is 12.1 Å². The summed E-state index contributed by atoms with van der Waals surface area (Å²) in [6.07, 6.45) is 7.24. The Hall–Kier alpha value is -0.300. The first-order valence-electron chi connectivity index (χ1n) is 6.00. The van der Waals surface area contributed by atoms with E-state index in [4.69, 9.17) is 0 Å². The fourth-order valence-electron chi connectivity index (χ4n) is 2.45. The molecule has 14 heavy (non-hydrogen) atoms. The van der Waals surface area contributed by atoms with Gasteiger partial charge in [0.15, 0.2) is 0 Å². The Morgan fingerprint density at radius 2 is 2.14 bits per heavy atom. The Bertz CT molecular complexity index is 176. The molecule has 0 spiro atoms. The van der Waals surface area contributed by atoms with Crippen molar-refractivity contribution >= 4 is 0 Å². The highest BCUT2D eigenvalue weighted by atomic mass is 15.0. The van der Waals surface area contributed by atoms with Crippen molar-refractivity contribution in [1.82, 2.24) is 5.32 Å². The van der Waals surface area contributed by atoms with E-state index in [1.165, 1.54) is 19.3 Å². The molecule has 0 amide bonds. The first-order valence-corrected chi connectivity index (χ1v) is 6.00. The zero-order chi connectivity index (χ0) is 10.6. The average molecular weight is 195 g/mol. The van der Waals surface area contributed by atoms with Crippen LogP contribution in [0.4, 0.5) is 0 Å². The lowest BCUT2D eigenvalue weighted by molar-refractivity contribution is 0.216. The number of rotatable bonds is 4. The highest BCUT2D eigenvalue weighted by Gasteiger charge is 2.25. The van der Waals surface area contributed by atoms with Crippen molar-refractivity contribution in [3.05, 3.63) is 12.7 Å². The molecule has 4 unspecified atom stereocenters. The van der Waals surface area contributed by atoms with Gasteiger partial charge in [-0.15, -0.1) is 6.58 Å². The minimum Gasteiger partial charge on any atom is -0.311 e. The molecule has 0 aromatic heterocycles. The van der Waals surface area contributed by atoms with Crippen LogP contribution in [0.15, 0.2) is 12.7 Å². The van der Waals surface area contributed by atoms with Crippen LogP contribution in [0.25, 0.3) is 0 Å². The molecule has 82 valence electrons. The average Bonchev–Trinajstić information content (AvgIpc) is 2.12. The molecule has 1 aliphatic rings. The van der Waals surface area contributed by atoms with Crippen molar-refractivity contribution in [1.29, 1.82) is 0 Å². The highest BCUT2D eigenvalue weighted by molar-refractivity contribution is 4.85. The topological polar surface area (TPSA) is 12.0 Å². The number of hydrogen-bond donors (Lipinski definition) is 1. The second-order valence-corrected chi connectivity index (χ2v) is 5.09. The van der Waals surface area contributed by atoms with Crippen molar-refractivity contribution in [3.8, 4) is 0 Å². The van der Waals surface area contributed by atoms with Gasteiger partial charge in [-0.05, 0) is 38.0 Å². The third kappa shape index (κ3) is 3.45. The maximum absolute atomic E-state index is 3.79. The number of hydrogen-bond acceptors (Lipinski definition) is 1. The normalized spacial score (nSPS) is 35.2. The van der Waals surface area contributed by atoms with Crippen LogP contribution in [-0.2, 0) is 0 Å². The maximum Gasteiger partial charge on any atom is 0.00978 e. The Kier molecular flexibility index (Phi) is 4.67. The predicted molar refractivity (Wildman–Crippen MR) is 63.4 cm³/mol. The summed E-state index contributed by atoms with van der Waals surface area (Å²) in [6.45, 7) is 10.8. The molecule has 1 N–H and O–H groups in total. The van der Waals surface area contributed by atoms with Gasteiger partial charge in [-0.25, -0.2) is 0 Å². The Morgan fingerprint density at radius 1 is 1.43 bits per heavy atom. The van der Waals surface area contributed by atoms with Gasteiger partial charge in [0.2, 0.25) is 0 Å². The lowest BCUT2D eigenvalue weighted by Gasteiger charge is -2.35. The molecular formula is C13H25N. The quantitative estimate of drug-likeness (QED) is 0.678. The SMILES string of the molecule is C=CCC(C)NC1CC(C)CCC1C. The molecule has 0 radical (unpaired) electrons. The van der Waals surface area contributed by atoms with Crippen LogP contribution in [0.5, 0.6) is 0 Å². The molecule has 1 aliphatic carbocycles. The second-order valence-electron chi connectivity index (χ2n) is 5.09. The summed E-state index contributed by atoms with van der Waals surface area (Å²) in [4.78, 5) is 0. The molecule has 0 aliphatic heterocycles. The molecule has 1 saturated carbocycles. The standard InChI is InChI=1S/C13H25N/c1-5-6-12(4)14-13-9-10(2)7-8-11(13)3/h5,10-14H,1,6-9H2,2-4H3. The van der Waals surface area contributed by atoms with Crippen molar-refractivity contribution in [2.75, 3.05) is 0 Å². The van der Waals surface area contributed by atoms with E-state index in [1.807, 2.05) is 6.08 Å². The van der Waals surface area contributed by atoms with Gasteiger partial charge in [0.05, 0.1) is 0 Å². The zero-order valence-corrected chi connectivity index (χ0v) is 9.92. The van der Waals surface area contributed by atoms with Crippen LogP contribution >= 0.6 is 0 Å². The molecule has 0 saturated heterocycles. The summed E-state index contributed by atoms with van der Waals surface area (Å²) in [5.74, 6) is 1.75. The van der Waals surface area contributed by atoms with Crippen molar-refractivity contribution < 1.29 is 0 Å². The molecule has 0 aromatic rings. The molecular weight excluding hydrogens is 170 g/mol. The van der Waals surface area contributed by atoms with Crippen LogP contribution < -0.4 is 5.32 Å². The third-order valence-electron chi connectivity index (χ3n) is 3.48. The van der Waals surface area contributed by atoms with Crippen molar-refractivity contribution in [2.24, 2.45) is 11.8 Å². The van der Waals surface area contributed by atoms with E-state index < -0.39 is 0 Å². The summed E-state index contributed by atoms with van der Waals surface area (Å²) < 4.78 is 0. The van der Waals surface area contributed by atoms with Gasteiger partial charge in [-0.3, -0.25) is 0 Å². The van der Waals surface area contributed by atoms with E-state index in [1.54, 1.807) is 0 Å². The molecule has 0 aromatic carbocycles. The van der Waals surface area contributed by atoms with Gasteiger partial charge in [0.25, 0.3) is 0 Å². The Labute approximate surface area is 89.0 Å². The Morgan fingerprint density at radius 3 is 2.79 bits per heavy atom. The Balaban J connectivity index is 2.36. The third-order valence-corrected chi connectivity index (χ3v) is 3.48. The molecule has 1 heteroatoms. The van der Waals surface area contributed by atoms with Crippen molar-refractivity contribution in [3.63, 3.8) is 0 Å². The van der Waals surface area contributed by atoms with E-state index in [0.29, 0.717) is 6.04 Å². The second kappa shape index (κ2) is 5.55. The molecule has 1 fully saturated rings. The van der Waals surface area contributed by atoms with E-state index in [-0.39, 0.29) is 0 Å². The largest absolute Gasteiger partial charge is 0.311 e. The van der Waals surface area contributed by atoms with Gasteiger partial charge in [-0.2, -0.15) is 0 Å². The van der Waals surface area contributed by atoms with Gasteiger partial charge in [-0.1, -0.05) is 26.3 Å². The van der Waals surface area contributed by atoms with Crippen LogP contribution in [0.3, 0.4) is 0 Å². The minimum absolute atomic E-state index is 0.588. The lowest BCUT2D eigenvalue weighted by atomic mass is 9.80. The smallest absolute Gasteiger partial charge is 0.00978 e. The van der Waals surface area contributed by atoms with Gasteiger partial charge in [0.1, 0.15) is 0 Å². The van der Waals surface area contributed by atoms with Gasteiger partial charge >= 0.3 is 0 Å². The van der Waals surface area contributed by atoms with Crippen molar-refractivity contribution in [2.45, 2.75) is 58.5 Å². The van der Waals surface area contributed by atoms with Crippen LogP contribution in [0, 0.1) is 11.8 Å². The first kappa shape index (κ1) is 11.8. The lowest BCUT2D eigenvalue weighted by Crippen LogP contribution is -2.43. The fraction of sp³-hybridized carbons (Fsp3) is 0.846. The molecule has 1 nitrogen and oxygen atoms in total. The monoisotopic (exact) mass is 195 g/mol. The predicted octanol–water partition coefficient (Wildman–Crippen LogP) is 3.37. The maximum atomic E-state index is 3.79. The summed E-state index contributed by atoms with van der Waals surface area (Å²) in [6, 6.07) is 1.32. The zero-order valence-electron chi connectivity index (χ0n) is 9.92. The van der Waals surface area contributed by atoms with Crippen LogP contribution in [0.1, 0.15) is 46.5 Å². The van der Waals surface area contributed by atoms with E-state index in [9.17, 15) is 0 Å².